The van der Waals surface area contributed by atoms with Crippen LogP contribution in [0.15, 0.2) is 46.6 Å². The van der Waals surface area contributed by atoms with Gasteiger partial charge in [-0.2, -0.15) is 11.8 Å². The minimum absolute atomic E-state index is 0.454. The van der Waals surface area contributed by atoms with Crippen molar-refractivity contribution in [2.24, 2.45) is 5.73 Å². The lowest BCUT2D eigenvalue weighted by molar-refractivity contribution is 0.546. The minimum Gasteiger partial charge on any atom is -0.320 e. The van der Waals surface area contributed by atoms with Crippen molar-refractivity contribution in [1.29, 1.82) is 0 Å². The number of hydrogen-bond donors (Lipinski definition) is 1. The smallest absolute Gasteiger partial charge is 0.217 e. The summed E-state index contributed by atoms with van der Waals surface area (Å²) in [6.45, 7) is 11.0. The summed E-state index contributed by atoms with van der Waals surface area (Å²) < 4.78 is 0. The molecule has 0 saturated heterocycles. The number of allylic oxidation sites excluding steroid dienone is 7. The first-order chi connectivity index (χ1) is 12.3. The zero-order valence-corrected chi connectivity index (χ0v) is 18.3. The highest BCUT2D eigenvalue weighted by atomic mass is 32.2. The van der Waals surface area contributed by atoms with Gasteiger partial charge in [0.25, 0.3) is 0 Å². The van der Waals surface area contributed by atoms with E-state index in [9.17, 15) is 4.79 Å². The largest absolute Gasteiger partial charge is 0.320 e. The second-order valence-corrected chi connectivity index (χ2v) is 8.39. The summed E-state index contributed by atoms with van der Waals surface area (Å²) in [5, 5.41) is 0. The highest BCUT2D eigenvalue weighted by Crippen LogP contribution is 2.14. The fourth-order valence-corrected chi connectivity index (χ4v) is 3.28. The molecular weight excluding hydrogens is 338 g/mol. The molecule has 0 aliphatic heterocycles. The van der Waals surface area contributed by atoms with E-state index in [1.54, 1.807) is 11.8 Å². The fraction of sp³-hybridized carbons (Fsp3) is 0.609. The minimum atomic E-state index is -0.454. The third-order valence-corrected chi connectivity index (χ3v) is 5.15. The molecule has 0 unspecified atom stereocenters. The van der Waals surface area contributed by atoms with E-state index in [1.165, 1.54) is 28.7 Å². The van der Waals surface area contributed by atoms with E-state index >= 15 is 0 Å². The second kappa shape index (κ2) is 16.1. The second-order valence-electron chi connectivity index (χ2n) is 7.31. The lowest BCUT2D eigenvalue weighted by Gasteiger charge is -2.03. The van der Waals surface area contributed by atoms with Gasteiger partial charge in [0.1, 0.15) is 0 Å². The quantitative estimate of drug-likeness (QED) is 0.286. The first kappa shape index (κ1) is 24.9. The monoisotopic (exact) mass is 376 g/mol. The van der Waals surface area contributed by atoms with Crippen molar-refractivity contribution >= 4 is 18.0 Å². The van der Waals surface area contributed by atoms with E-state index in [4.69, 9.17) is 5.73 Å². The lowest BCUT2D eigenvalue weighted by Crippen LogP contribution is -2.24. The molecule has 3 heteroatoms. The van der Waals surface area contributed by atoms with Gasteiger partial charge >= 0.3 is 0 Å². The van der Waals surface area contributed by atoms with Crippen molar-refractivity contribution in [1.82, 2.24) is 0 Å². The third-order valence-electron chi connectivity index (χ3n) is 4.15. The zero-order chi connectivity index (χ0) is 19.8. The summed E-state index contributed by atoms with van der Waals surface area (Å²) in [6.07, 6.45) is 17.9. The Labute approximate surface area is 166 Å². The SMILES string of the molecule is CC(C)=CCC/C(C)=C/CC/C(C)=C/CC/C(C)=C/CSC[C@H](N)[C]=O. The van der Waals surface area contributed by atoms with Gasteiger partial charge in [0.05, 0.1) is 6.04 Å². The van der Waals surface area contributed by atoms with Crippen LogP contribution in [-0.4, -0.2) is 23.8 Å². The molecule has 0 heterocycles. The van der Waals surface area contributed by atoms with Gasteiger partial charge in [-0.3, -0.25) is 4.79 Å². The molecule has 1 atom stereocenters. The van der Waals surface area contributed by atoms with Crippen LogP contribution < -0.4 is 5.73 Å². The van der Waals surface area contributed by atoms with Crippen molar-refractivity contribution in [3.8, 4) is 0 Å². The molecule has 147 valence electrons. The van der Waals surface area contributed by atoms with Crippen molar-refractivity contribution in [3.63, 3.8) is 0 Å². The van der Waals surface area contributed by atoms with Crippen LogP contribution in [0.25, 0.3) is 0 Å². The van der Waals surface area contributed by atoms with Crippen LogP contribution >= 0.6 is 11.8 Å². The van der Waals surface area contributed by atoms with Crippen molar-refractivity contribution < 1.29 is 4.79 Å². The Morgan fingerprint density at radius 1 is 0.846 bits per heavy atom. The predicted molar refractivity (Wildman–Crippen MR) is 119 cm³/mol. The number of nitrogens with two attached hydrogens (primary N) is 1. The maximum atomic E-state index is 10.3. The van der Waals surface area contributed by atoms with Gasteiger partial charge in [-0.15, -0.1) is 0 Å². The summed E-state index contributed by atoms with van der Waals surface area (Å²) in [4.78, 5) is 10.3. The van der Waals surface area contributed by atoms with E-state index < -0.39 is 6.04 Å². The van der Waals surface area contributed by atoms with Crippen LogP contribution in [-0.2, 0) is 4.79 Å². The van der Waals surface area contributed by atoms with Crippen LogP contribution in [0.2, 0.25) is 0 Å². The molecule has 0 aromatic heterocycles. The number of hydrogen-bond acceptors (Lipinski definition) is 3. The molecule has 0 spiro atoms. The molecule has 26 heavy (non-hydrogen) atoms. The molecule has 0 amide bonds. The molecule has 2 N–H and O–H groups in total. The van der Waals surface area contributed by atoms with E-state index in [0.29, 0.717) is 5.75 Å². The van der Waals surface area contributed by atoms with E-state index in [2.05, 4.69) is 58.9 Å². The zero-order valence-electron chi connectivity index (χ0n) is 17.4. The van der Waals surface area contributed by atoms with E-state index in [1.807, 2.05) is 6.29 Å². The highest BCUT2D eigenvalue weighted by Gasteiger charge is 1.99. The van der Waals surface area contributed by atoms with Crippen molar-refractivity contribution in [3.05, 3.63) is 46.6 Å². The van der Waals surface area contributed by atoms with Crippen LogP contribution in [0.5, 0.6) is 0 Å². The van der Waals surface area contributed by atoms with E-state index in [0.717, 1.165) is 37.9 Å². The number of carbonyl (C=O) groups excluding carboxylic acids is 1. The van der Waals surface area contributed by atoms with Crippen LogP contribution in [0.4, 0.5) is 0 Å². The van der Waals surface area contributed by atoms with Gasteiger partial charge in [-0.05, 0) is 73.1 Å². The first-order valence-corrected chi connectivity index (χ1v) is 10.8. The molecule has 0 saturated carbocycles. The molecule has 0 aliphatic carbocycles. The van der Waals surface area contributed by atoms with Crippen LogP contribution in [0.3, 0.4) is 0 Å². The van der Waals surface area contributed by atoms with Gasteiger partial charge in [0.2, 0.25) is 6.29 Å². The summed E-state index contributed by atoms with van der Waals surface area (Å²) in [6, 6.07) is -0.454. The predicted octanol–water partition coefficient (Wildman–Crippen LogP) is 6.30. The summed E-state index contributed by atoms with van der Waals surface area (Å²) in [5.41, 5.74) is 11.3. The molecule has 0 aromatic carbocycles. The standard InChI is InChI=1S/C23H38NOS/c1-19(2)9-6-10-20(3)11-7-12-21(4)13-8-14-22(5)15-16-26-18-23(24)17-25/h9,11,13,15,23H,6-8,10,12,14,16,18,24H2,1-5H3/b20-11+,21-13+,22-15+/t23-/m1/s1. The first-order valence-electron chi connectivity index (χ1n) is 9.66. The Morgan fingerprint density at radius 3 is 1.77 bits per heavy atom. The van der Waals surface area contributed by atoms with Gasteiger partial charge in [0.15, 0.2) is 0 Å². The van der Waals surface area contributed by atoms with Gasteiger partial charge < -0.3 is 5.73 Å². The van der Waals surface area contributed by atoms with Crippen LogP contribution in [0.1, 0.15) is 73.1 Å². The number of thioether (sulfide) groups is 1. The summed E-state index contributed by atoms with van der Waals surface area (Å²) in [7, 11) is 0. The van der Waals surface area contributed by atoms with E-state index in [-0.39, 0.29) is 0 Å². The maximum absolute atomic E-state index is 10.3. The molecule has 0 bridgehead atoms. The lowest BCUT2D eigenvalue weighted by atomic mass is 10.0. The molecule has 0 aromatic rings. The Hall–Kier alpha value is -1.06. The maximum Gasteiger partial charge on any atom is 0.217 e. The van der Waals surface area contributed by atoms with Crippen LogP contribution in [0, 0.1) is 0 Å². The van der Waals surface area contributed by atoms with Gasteiger partial charge in [0, 0.05) is 11.5 Å². The van der Waals surface area contributed by atoms with Gasteiger partial charge in [-0.25, -0.2) is 0 Å². The average Bonchev–Trinajstić information content (AvgIpc) is 2.58. The Balaban J connectivity index is 3.95. The Bertz CT molecular complexity index is 510. The molecule has 1 radical (unpaired) electrons. The summed E-state index contributed by atoms with van der Waals surface area (Å²) in [5.74, 6) is 1.56. The van der Waals surface area contributed by atoms with Crippen molar-refractivity contribution in [2.75, 3.05) is 11.5 Å². The number of rotatable bonds is 14. The van der Waals surface area contributed by atoms with Gasteiger partial charge in [-0.1, -0.05) is 46.6 Å². The molecule has 0 rings (SSSR count). The molecule has 2 nitrogen and oxygen atoms in total. The normalized spacial score (nSPS) is 14.3. The molecular formula is C23H38NOS. The van der Waals surface area contributed by atoms with Crippen molar-refractivity contribution in [2.45, 2.75) is 79.2 Å². The average molecular weight is 377 g/mol. The topological polar surface area (TPSA) is 43.1 Å². The Kier molecular flexibility index (Phi) is 15.5. The fourth-order valence-electron chi connectivity index (χ4n) is 2.42. The highest BCUT2D eigenvalue weighted by molar-refractivity contribution is 7.99. The Morgan fingerprint density at radius 2 is 1.31 bits per heavy atom. The molecule has 0 fully saturated rings. The third kappa shape index (κ3) is 16.4. The summed E-state index contributed by atoms with van der Waals surface area (Å²) >= 11 is 1.69. The molecule has 0 aliphatic rings.